The summed E-state index contributed by atoms with van der Waals surface area (Å²) in [5.41, 5.74) is 5.87. The molecule has 0 amide bonds. The highest BCUT2D eigenvalue weighted by atomic mass is 15.3. The van der Waals surface area contributed by atoms with Gasteiger partial charge in [-0.1, -0.05) is 12.1 Å². The topological polar surface area (TPSA) is 49.6 Å². The largest absolute Gasteiger partial charge is 0.305 e. The first-order valence-corrected chi connectivity index (χ1v) is 9.96. The first kappa shape index (κ1) is 18.0. The van der Waals surface area contributed by atoms with Crippen molar-refractivity contribution in [1.29, 1.82) is 0 Å². The Morgan fingerprint density at radius 1 is 0.966 bits per heavy atom. The van der Waals surface area contributed by atoms with E-state index in [1.54, 1.807) is 6.20 Å². The number of hydrogen-bond acceptors (Lipinski definition) is 5. The number of fused-ring (bicyclic) bond motifs is 1. The number of nitrogens with zero attached hydrogens (tertiary/aromatic N) is 6. The molecule has 1 aliphatic heterocycles. The molecule has 6 nitrogen and oxygen atoms in total. The molecule has 1 fully saturated rings. The lowest BCUT2D eigenvalue weighted by Crippen LogP contribution is -2.46. The van der Waals surface area contributed by atoms with Gasteiger partial charge in [0, 0.05) is 62.7 Å². The third-order valence-electron chi connectivity index (χ3n) is 5.76. The van der Waals surface area contributed by atoms with Gasteiger partial charge >= 0.3 is 0 Å². The lowest BCUT2D eigenvalue weighted by Gasteiger charge is -2.39. The van der Waals surface area contributed by atoms with E-state index in [9.17, 15) is 0 Å². The molecule has 0 spiro atoms. The number of hydrogen-bond donors (Lipinski definition) is 0. The lowest BCUT2D eigenvalue weighted by molar-refractivity contribution is 0.0892. The summed E-state index contributed by atoms with van der Waals surface area (Å²) in [6, 6.07) is 12.9. The van der Waals surface area contributed by atoms with Crippen LogP contribution in [0.1, 0.15) is 17.3 Å². The van der Waals surface area contributed by atoms with Crippen molar-refractivity contribution in [3.8, 4) is 11.1 Å². The van der Waals surface area contributed by atoms with Gasteiger partial charge in [-0.3, -0.25) is 19.8 Å². The number of pyridine rings is 3. The van der Waals surface area contributed by atoms with Crippen molar-refractivity contribution in [3.63, 3.8) is 0 Å². The SMILES string of the molecule is CN1CCN(Cc2ccncc2)CC1c1ncn2cc(-c3cccnc3)ccc12. The fourth-order valence-electron chi connectivity index (χ4n) is 4.10. The summed E-state index contributed by atoms with van der Waals surface area (Å²) in [5, 5.41) is 0. The van der Waals surface area contributed by atoms with Crippen LogP contribution in [-0.4, -0.2) is 55.8 Å². The van der Waals surface area contributed by atoms with Crippen molar-refractivity contribution >= 4 is 5.52 Å². The molecule has 6 heteroatoms. The Hall–Kier alpha value is -3.09. The minimum atomic E-state index is 0.278. The van der Waals surface area contributed by atoms with Crippen molar-refractivity contribution in [2.75, 3.05) is 26.7 Å². The van der Waals surface area contributed by atoms with E-state index in [-0.39, 0.29) is 6.04 Å². The molecule has 0 aliphatic carbocycles. The van der Waals surface area contributed by atoms with Crippen molar-refractivity contribution in [1.82, 2.24) is 29.2 Å². The average molecular weight is 384 g/mol. The first-order chi connectivity index (χ1) is 14.3. The van der Waals surface area contributed by atoms with Gasteiger partial charge in [0.05, 0.1) is 23.6 Å². The minimum Gasteiger partial charge on any atom is -0.305 e. The van der Waals surface area contributed by atoms with Gasteiger partial charge in [0.1, 0.15) is 0 Å². The Bertz CT molecular complexity index is 1090. The Balaban J connectivity index is 1.41. The summed E-state index contributed by atoms with van der Waals surface area (Å²) in [6.07, 6.45) is 11.5. The Kier molecular flexibility index (Phi) is 4.79. The van der Waals surface area contributed by atoms with Crippen LogP contribution in [0.25, 0.3) is 16.6 Å². The third-order valence-corrected chi connectivity index (χ3v) is 5.76. The Morgan fingerprint density at radius 3 is 2.69 bits per heavy atom. The molecule has 4 aromatic heterocycles. The molecule has 0 aromatic carbocycles. The summed E-state index contributed by atoms with van der Waals surface area (Å²) in [5.74, 6) is 0. The van der Waals surface area contributed by atoms with Crippen molar-refractivity contribution in [2.45, 2.75) is 12.6 Å². The minimum absolute atomic E-state index is 0.278. The summed E-state index contributed by atoms with van der Waals surface area (Å²) in [6.45, 7) is 4.01. The van der Waals surface area contributed by atoms with Crippen LogP contribution in [0.15, 0.2) is 73.7 Å². The highest BCUT2D eigenvalue weighted by Crippen LogP contribution is 2.28. The number of likely N-dealkylation sites (N-methyl/N-ethyl adjacent to an activating group) is 1. The maximum Gasteiger partial charge on any atom is 0.0996 e. The molecule has 0 N–H and O–H groups in total. The highest BCUT2D eigenvalue weighted by Gasteiger charge is 2.28. The monoisotopic (exact) mass is 384 g/mol. The van der Waals surface area contributed by atoms with E-state index in [1.165, 1.54) is 11.1 Å². The first-order valence-electron chi connectivity index (χ1n) is 9.96. The van der Waals surface area contributed by atoms with Crippen LogP contribution in [-0.2, 0) is 6.54 Å². The predicted octanol–water partition coefficient (Wildman–Crippen LogP) is 3.28. The van der Waals surface area contributed by atoms with Gasteiger partial charge in [-0.05, 0) is 42.4 Å². The quantitative estimate of drug-likeness (QED) is 0.540. The number of imidazole rings is 1. The zero-order valence-corrected chi connectivity index (χ0v) is 16.5. The van der Waals surface area contributed by atoms with E-state index in [2.05, 4.69) is 67.7 Å². The van der Waals surface area contributed by atoms with E-state index in [0.717, 1.165) is 43.0 Å². The molecule has 0 bridgehead atoms. The van der Waals surface area contributed by atoms with E-state index in [1.807, 2.05) is 31.0 Å². The van der Waals surface area contributed by atoms with Crippen LogP contribution in [0, 0.1) is 0 Å². The van der Waals surface area contributed by atoms with Gasteiger partial charge in [0.2, 0.25) is 0 Å². The zero-order chi connectivity index (χ0) is 19.6. The molecule has 1 unspecified atom stereocenters. The van der Waals surface area contributed by atoms with E-state index in [4.69, 9.17) is 4.98 Å². The van der Waals surface area contributed by atoms with Gasteiger partial charge in [0.15, 0.2) is 0 Å². The van der Waals surface area contributed by atoms with Crippen LogP contribution in [0.4, 0.5) is 0 Å². The predicted molar refractivity (Wildman–Crippen MR) is 113 cm³/mol. The average Bonchev–Trinajstić information content (AvgIpc) is 3.19. The molecule has 1 atom stereocenters. The molecule has 146 valence electrons. The van der Waals surface area contributed by atoms with Gasteiger partial charge in [0.25, 0.3) is 0 Å². The zero-order valence-electron chi connectivity index (χ0n) is 16.5. The molecule has 0 saturated carbocycles. The van der Waals surface area contributed by atoms with Crippen LogP contribution in [0.5, 0.6) is 0 Å². The van der Waals surface area contributed by atoms with Crippen molar-refractivity contribution in [3.05, 3.63) is 85.0 Å². The fourth-order valence-corrected chi connectivity index (χ4v) is 4.10. The number of rotatable bonds is 4. The van der Waals surface area contributed by atoms with Crippen LogP contribution in [0.3, 0.4) is 0 Å². The maximum absolute atomic E-state index is 4.81. The van der Waals surface area contributed by atoms with Gasteiger partial charge in [-0.15, -0.1) is 0 Å². The van der Waals surface area contributed by atoms with E-state index < -0.39 is 0 Å². The summed E-state index contributed by atoms with van der Waals surface area (Å²) < 4.78 is 2.13. The van der Waals surface area contributed by atoms with E-state index in [0.29, 0.717) is 0 Å². The number of aromatic nitrogens is 4. The number of piperazine rings is 1. The van der Waals surface area contributed by atoms with Crippen molar-refractivity contribution < 1.29 is 0 Å². The molecular formula is C23H24N6. The third kappa shape index (κ3) is 3.64. The van der Waals surface area contributed by atoms with Gasteiger partial charge < -0.3 is 4.40 Å². The molecular weight excluding hydrogens is 360 g/mol. The molecule has 1 aliphatic rings. The molecule has 1 saturated heterocycles. The molecule has 5 heterocycles. The standard InChI is InChI=1S/C23H24N6/c1-27-11-12-28(14-18-6-9-24-10-7-18)16-22(27)23-21-5-4-20(15-29(21)17-26-23)19-3-2-8-25-13-19/h2-10,13,15,17,22H,11-12,14,16H2,1H3. The second-order valence-electron chi connectivity index (χ2n) is 7.67. The molecule has 29 heavy (non-hydrogen) atoms. The summed E-state index contributed by atoms with van der Waals surface area (Å²) in [7, 11) is 2.20. The Morgan fingerprint density at radius 2 is 1.86 bits per heavy atom. The highest BCUT2D eigenvalue weighted by molar-refractivity contribution is 5.66. The smallest absolute Gasteiger partial charge is 0.0996 e. The van der Waals surface area contributed by atoms with Crippen LogP contribution in [0.2, 0.25) is 0 Å². The second-order valence-corrected chi connectivity index (χ2v) is 7.67. The Labute approximate surface area is 170 Å². The van der Waals surface area contributed by atoms with Crippen molar-refractivity contribution in [2.24, 2.45) is 0 Å². The molecule has 5 rings (SSSR count). The lowest BCUT2D eigenvalue weighted by atomic mass is 10.1. The van der Waals surface area contributed by atoms with Crippen LogP contribution >= 0.6 is 0 Å². The van der Waals surface area contributed by atoms with Crippen LogP contribution < -0.4 is 0 Å². The molecule has 0 radical (unpaired) electrons. The fraction of sp³-hybridized carbons (Fsp3) is 0.261. The summed E-state index contributed by atoms with van der Waals surface area (Å²) >= 11 is 0. The van der Waals surface area contributed by atoms with Gasteiger partial charge in [-0.25, -0.2) is 4.98 Å². The maximum atomic E-state index is 4.81. The van der Waals surface area contributed by atoms with E-state index >= 15 is 0 Å². The molecule has 4 aromatic rings. The summed E-state index contributed by atoms with van der Waals surface area (Å²) in [4.78, 5) is 18.1. The van der Waals surface area contributed by atoms with Gasteiger partial charge in [-0.2, -0.15) is 0 Å². The second kappa shape index (κ2) is 7.73. The normalized spacial score (nSPS) is 18.3.